The second-order valence-corrected chi connectivity index (χ2v) is 6.58. The SMILES string of the molecule is COc1ccc(C(C)(N)c2cccc(Br)c2)c(OC)c1Br. The van der Waals surface area contributed by atoms with Crippen molar-refractivity contribution in [3.05, 3.63) is 56.5 Å². The smallest absolute Gasteiger partial charge is 0.142 e. The molecule has 0 heterocycles. The van der Waals surface area contributed by atoms with Crippen LogP contribution in [0.4, 0.5) is 0 Å². The summed E-state index contributed by atoms with van der Waals surface area (Å²) in [6.07, 6.45) is 0. The highest BCUT2D eigenvalue weighted by Gasteiger charge is 2.29. The molecule has 0 saturated carbocycles. The summed E-state index contributed by atoms with van der Waals surface area (Å²) >= 11 is 7.00. The molecule has 2 rings (SSSR count). The Morgan fingerprint density at radius 2 is 1.76 bits per heavy atom. The van der Waals surface area contributed by atoms with Gasteiger partial charge in [-0.25, -0.2) is 0 Å². The maximum absolute atomic E-state index is 6.60. The van der Waals surface area contributed by atoms with Gasteiger partial charge in [0, 0.05) is 10.0 Å². The molecule has 21 heavy (non-hydrogen) atoms. The molecule has 0 bridgehead atoms. The van der Waals surface area contributed by atoms with E-state index in [1.54, 1.807) is 14.2 Å². The Morgan fingerprint density at radius 1 is 1.05 bits per heavy atom. The second-order valence-electron chi connectivity index (χ2n) is 4.88. The van der Waals surface area contributed by atoms with Crippen molar-refractivity contribution < 1.29 is 9.47 Å². The number of hydrogen-bond donors (Lipinski definition) is 1. The van der Waals surface area contributed by atoms with Crippen molar-refractivity contribution in [1.82, 2.24) is 0 Å². The molecule has 0 aliphatic heterocycles. The Bertz CT molecular complexity index is 657. The van der Waals surface area contributed by atoms with E-state index in [0.717, 1.165) is 20.1 Å². The molecule has 2 N–H and O–H groups in total. The summed E-state index contributed by atoms with van der Waals surface area (Å²) in [5.74, 6) is 1.39. The van der Waals surface area contributed by atoms with Gasteiger partial charge in [0.15, 0.2) is 0 Å². The fourth-order valence-electron chi connectivity index (χ4n) is 2.27. The Kier molecular flexibility index (Phi) is 4.96. The lowest BCUT2D eigenvalue weighted by Gasteiger charge is -2.29. The molecule has 0 fully saturated rings. The van der Waals surface area contributed by atoms with E-state index in [1.165, 1.54) is 0 Å². The van der Waals surface area contributed by atoms with Gasteiger partial charge in [-0.15, -0.1) is 0 Å². The van der Waals surface area contributed by atoms with E-state index < -0.39 is 5.54 Å². The largest absolute Gasteiger partial charge is 0.495 e. The molecular formula is C16H17Br2NO2. The van der Waals surface area contributed by atoms with Gasteiger partial charge >= 0.3 is 0 Å². The van der Waals surface area contributed by atoms with Gasteiger partial charge in [-0.1, -0.05) is 28.1 Å². The molecule has 0 aliphatic carbocycles. The lowest BCUT2D eigenvalue weighted by Crippen LogP contribution is -2.34. The van der Waals surface area contributed by atoms with E-state index in [2.05, 4.69) is 31.9 Å². The molecule has 1 unspecified atom stereocenters. The van der Waals surface area contributed by atoms with Crippen molar-refractivity contribution in [3.63, 3.8) is 0 Å². The molecule has 0 radical (unpaired) electrons. The molecule has 0 aromatic heterocycles. The van der Waals surface area contributed by atoms with Crippen LogP contribution in [-0.2, 0) is 5.54 Å². The molecular weight excluding hydrogens is 398 g/mol. The summed E-state index contributed by atoms with van der Waals surface area (Å²) in [4.78, 5) is 0. The average Bonchev–Trinajstić information content (AvgIpc) is 2.46. The van der Waals surface area contributed by atoms with Gasteiger partial charge in [0.1, 0.15) is 16.0 Å². The predicted molar refractivity (Wildman–Crippen MR) is 92.0 cm³/mol. The number of halogens is 2. The molecule has 112 valence electrons. The molecule has 2 aromatic carbocycles. The minimum Gasteiger partial charge on any atom is -0.495 e. The van der Waals surface area contributed by atoms with Crippen LogP contribution >= 0.6 is 31.9 Å². The first kappa shape index (κ1) is 16.3. The van der Waals surface area contributed by atoms with Crippen molar-refractivity contribution in [1.29, 1.82) is 0 Å². The predicted octanol–water partition coefficient (Wildman–Crippen LogP) is 4.45. The number of rotatable bonds is 4. The van der Waals surface area contributed by atoms with E-state index in [0.29, 0.717) is 11.5 Å². The molecule has 0 amide bonds. The van der Waals surface area contributed by atoms with Gasteiger partial charge in [-0.3, -0.25) is 0 Å². The van der Waals surface area contributed by atoms with E-state index in [-0.39, 0.29) is 0 Å². The highest BCUT2D eigenvalue weighted by Crippen LogP contribution is 2.42. The van der Waals surface area contributed by atoms with Crippen molar-refractivity contribution in [2.45, 2.75) is 12.5 Å². The standard InChI is InChI=1S/C16H17Br2NO2/c1-16(19,10-5-4-6-11(17)9-10)12-7-8-13(20-2)14(18)15(12)21-3/h4-9H,19H2,1-3H3. The van der Waals surface area contributed by atoms with Crippen molar-refractivity contribution in [3.8, 4) is 11.5 Å². The van der Waals surface area contributed by atoms with Crippen molar-refractivity contribution in [2.75, 3.05) is 14.2 Å². The Morgan fingerprint density at radius 3 is 2.33 bits per heavy atom. The molecule has 3 nitrogen and oxygen atoms in total. The number of nitrogens with two attached hydrogens (primary N) is 1. The topological polar surface area (TPSA) is 44.5 Å². The van der Waals surface area contributed by atoms with Crippen LogP contribution in [0.5, 0.6) is 11.5 Å². The third-order valence-corrected chi connectivity index (χ3v) is 4.71. The van der Waals surface area contributed by atoms with Gasteiger partial charge in [-0.2, -0.15) is 0 Å². The fourth-order valence-corrected chi connectivity index (χ4v) is 3.34. The number of methoxy groups -OCH3 is 2. The van der Waals surface area contributed by atoms with Crippen LogP contribution in [0.15, 0.2) is 45.3 Å². The zero-order valence-electron chi connectivity index (χ0n) is 12.1. The van der Waals surface area contributed by atoms with Gasteiger partial charge in [-0.05, 0) is 52.7 Å². The molecule has 0 saturated heterocycles. The zero-order valence-corrected chi connectivity index (χ0v) is 15.3. The summed E-state index contributed by atoms with van der Waals surface area (Å²) in [5, 5.41) is 0. The summed E-state index contributed by atoms with van der Waals surface area (Å²) in [7, 11) is 3.25. The van der Waals surface area contributed by atoms with Gasteiger partial charge < -0.3 is 15.2 Å². The Labute approximate surface area is 141 Å². The summed E-state index contributed by atoms with van der Waals surface area (Å²) in [6, 6.07) is 11.8. The molecule has 2 aromatic rings. The Hall–Kier alpha value is -1.04. The number of benzene rings is 2. The quantitative estimate of drug-likeness (QED) is 0.803. The number of hydrogen-bond acceptors (Lipinski definition) is 3. The van der Waals surface area contributed by atoms with Gasteiger partial charge in [0.2, 0.25) is 0 Å². The molecule has 1 atom stereocenters. The summed E-state index contributed by atoms with van der Waals surface area (Å²) in [6.45, 7) is 1.96. The average molecular weight is 415 g/mol. The van der Waals surface area contributed by atoms with Crippen LogP contribution in [0, 0.1) is 0 Å². The fraction of sp³-hybridized carbons (Fsp3) is 0.250. The molecule has 5 heteroatoms. The first-order chi connectivity index (χ1) is 9.91. The highest BCUT2D eigenvalue weighted by molar-refractivity contribution is 9.11. The number of ether oxygens (including phenoxy) is 2. The lowest BCUT2D eigenvalue weighted by atomic mass is 9.85. The minimum absolute atomic E-state index is 0.680. The van der Waals surface area contributed by atoms with E-state index >= 15 is 0 Å². The maximum Gasteiger partial charge on any atom is 0.142 e. The van der Waals surface area contributed by atoms with Crippen LogP contribution in [0.3, 0.4) is 0 Å². The van der Waals surface area contributed by atoms with Crippen LogP contribution in [-0.4, -0.2) is 14.2 Å². The van der Waals surface area contributed by atoms with Crippen LogP contribution in [0.2, 0.25) is 0 Å². The van der Waals surface area contributed by atoms with Crippen LogP contribution < -0.4 is 15.2 Å². The first-order valence-corrected chi connectivity index (χ1v) is 7.96. The second kappa shape index (κ2) is 6.38. The van der Waals surface area contributed by atoms with Gasteiger partial charge in [0.25, 0.3) is 0 Å². The van der Waals surface area contributed by atoms with Crippen LogP contribution in [0.25, 0.3) is 0 Å². The van der Waals surface area contributed by atoms with Crippen molar-refractivity contribution in [2.24, 2.45) is 5.73 Å². The Balaban J connectivity index is 2.62. The zero-order chi connectivity index (χ0) is 15.6. The first-order valence-electron chi connectivity index (χ1n) is 6.37. The van der Waals surface area contributed by atoms with Crippen LogP contribution in [0.1, 0.15) is 18.1 Å². The molecule has 0 spiro atoms. The minimum atomic E-state index is -0.691. The van der Waals surface area contributed by atoms with Gasteiger partial charge in [0.05, 0.1) is 19.8 Å². The lowest BCUT2D eigenvalue weighted by molar-refractivity contribution is 0.379. The molecule has 0 aliphatic rings. The monoisotopic (exact) mass is 413 g/mol. The van der Waals surface area contributed by atoms with Crippen molar-refractivity contribution >= 4 is 31.9 Å². The summed E-state index contributed by atoms with van der Waals surface area (Å²) in [5.41, 5.74) is 7.79. The highest BCUT2D eigenvalue weighted by atomic mass is 79.9. The van der Waals surface area contributed by atoms with E-state index in [9.17, 15) is 0 Å². The summed E-state index contributed by atoms with van der Waals surface area (Å²) < 4.78 is 12.6. The van der Waals surface area contributed by atoms with E-state index in [1.807, 2.05) is 43.3 Å². The van der Waals surface area contributed by atoms with E-state index in [4.69, 9.17) is 15.2 Å². The maximum atomic E-state index is 6.60. The normalized spacial score (nSPS) is 13.6. The third-order valence-electron chi connectivity index (χ3n) is 3.47. The third kappa shape index (κ3) is 3.10.